The second kappa shape index (κ2) is 14.6. The van der Waals surface area contributed by atoms with Crippen molar-refractivity contribution in [2.24, 2.45) is 10.9 Å². The molecular formula is C22H39IN4OS. The molecule has 2 aliphatic rings. The maximum absolute atomic E-state index is 6.00. The molecule has 0 aromatic carbocycles. The number of ether oxygens (including phenoxy) is 1. The van der Waals surface area contributed by atoms with Crippen molar-refractivity contribution in [3.8, 4) is 0 Å². The number of nitrogens with zero attached hydrogens (tertiary/aromatic N) is 2. The Morgan fingerprint density at radius 2 is 2.07 bits per heavy atom. The van der Waals surface area contributed by atoms with E-state index in [2.05, 4.69) is 38.0 Å². The van der Waals surface area contributed by atoms with Crippen molar-refractivity contribution in [2.45, 2.75) is 64.0 Å². The van der Waals surface area contributed by atoms with Crippen LogP contribution in [0.15, 0.2) is 22.5 Å². The number of guanidine groups is 1. The summed E-state index contributed by atoms with van der Waals surface area (Å²) in [4.78, 5) is 8.45. The first-order chi connectivity index (χ1) is 13.8. The van der Waals surface area contributed by atoms with E-state index in [1.807, 2.05) is 18.4 Å². The lowest BCUT2D eigenvalue weighted by Gasteiger charge is -2.32. The summed E-state index contributed by atoms with van der Waals surface area (Å²) >= 11 is 1.86. The van der Waals surface area contributed by atoms with Gasteiger partial charge in [-0.15, -0.1) is 35.3 Å². The standard InChI is InChI=1S/C22H38N4OS.HI/c1-23-22(24-12-7-14-27-20-9-3-2-4-10-20)25-16-19-8-5-13-26(17-19)18-21-11-6-15-28-21;/h6,11,15,19-20H,2-5,7-10,12-14,16-18H2,1H3,(H2,23,24,25);1H. The summed E-state index contributed by atoms with van der Waals surface area (Å²) in [6, 6.07) is 4.40. The van der Waals surface area contributed by atoms with E-state index in [0.717, 1.165) is 38.6 Å². The van der Waals surface area contributed by atoms with Gasteiger partial charge in [0.05, 0.1) is 6.10 Å². The SMILES string of the molecule is CN=C(NCCCOC1CCCCC1)NCC1CCCN(Cc2cccs2)C1.I. The predicted octanol–water partition coefficient (Wildman–Crippen LogP) is 4.48. The number of halogens is 1. The fourth-order valence-electron chi connectivity index (χ4n) is 4.31. The first kappa shape index (κ1) is 24.9. The summed E-state index contributed by atoms with van der Waals surface area (Å²) in [6.45, 7) is 6.28. The molecule has 0 bridgehead atoms. The van der Waals surface area contributed by atoms with Gasteiger partial charge in [0.25, 0.3) is 0 Å². The average Bonchev–Trinajstić information content (AvgIpc) is 3.24. The van der Waals surface area contributed by atoms with E-state index >= 15 is 0 Å². The summed E-state index contributed by atoms with van der Waals surface area (Å²) in [5.41, 5.74) is 0. The Morgan fingerprint density at radius 3 is 2.83 bits per heavy atom. The fourth-order valence-corrected chi connectivity index (χ4v) is 5.05. The summed E-state index contributed by atoms with van der Waals surface area (Å²) in [6.07, 6.45) is 10.7. The number of rotatable bonds is 9. The molecule has 7 heteroatoms. The van der Waals surface area contributed by atoms with Crippen molar-refractivity contribution >= 4 is 41.3 Å². The summed E-state index contributed by atoms with van der Waals surface area (Å²) in [7, 11) is 1.86. The van der Waals surface area contributed by atoms with Crippen molar-refractivity contribution in [3.05, 3.63) is 22.4 Å². The van der Waals surface area contributed by atoms with Gasteiger partial charge in [-0.05, 0) is 56.0 Å². The number of thiophene rings is 1. The van der Waals surface area contributed by atoms with Crippen LogP contribution in [-0.4, -0.2) is 56.8 Å². The van der Waals surface area contributed by atoms with E-state index in [1.54, 1.807) is 0 Å². The first-order valence-corrected chi connectivity index (χ1v) is 12.0. The fraction of sp³-hybridized carbons (Fsp3) is 0.773. The monoisotopic (exact) mass is 534 g/mol. The number of hydrogen-bond donors (Lipinski definition) is 2. The Balaban J connectivity index is 0.00000300. The Kier molecular flexibility index (Phi) is 12.5. The van der Waals surface area contributed by atoms with E-state index in [-0.39, 0.29) is 24.0 Å². The van der Waals surface area contributed by atoms with Gasteiger partial charge >= 0.3 is 0 Å². The number of aliphatic imine (C=N–C) groups is 1. The number of piperidine rings is 1. The molecule has 166 valence electrons. The molecule has 1 saturated heterocycles. The number of likely N-dealkylation sites (tertiary alicyclic amines) is 1. The second-order valence-electron chi connectivity index (χ2n) is 8.19. The lowest BCUT2D eigenvalue weighted by Crippen LogP contribution is -2.44. The molecule has 1 unspecified atom stereocenters. The maximum atomic E-state index is 6.00. The third kappa shape index (κ3) is 9.53. The predicted molar refractivity (Wildman–Crippen MR) is 135 cm³/mol. The van der Waals surface area contributed by atoms with Crippen LogP contribution < -0.4 is 10.6 Å². The highest BCUT2D eigenvalue weighted by Crippen LogP contribution is 2.21. The minimum Gasteiger partial charge on any atom is -0.378 e. The molecule has 3 rings (SSSR count). The minimum absolute atomic E-state index is 0. The summed E-state index contributed by atoms with van der Waals surface area (Å²) in [5, 5.41) is 9.15. The molecule has 0 spiro atoms. The molecule has 1 aliphatic carbocycles. The minimum atomic E-state index is 0. The largest absolute Gasteiger partial charge is 0.378 e. The van der Waals surface area contributed by atoms with Crippen LogP contribution in [0.3, 0.4) is 0 Å². The molecule has 2 heterocycles. The zero-order chi connectivity index (χ0) is 19.4. The van der Waals surface area contributed by atoms with E-state index < -0.39 is 0 Å². The van der Waals surface area contributed by atoms with Gasteiger partial charge < -0.3 is 15.4 Å². The topological polar surface area (TPSA) is 48.9 Å². The lowest BCUT2D eigenvalue weighted by atomic mass is 9.98. The van der Waals surface area contributed by atoms with E-state index in [4.69, 9.17) is 4.74 Å². The number of hydrogen-bond acceptors (Lipinski definition) is 4. The van der Waals surface area contributed by atoms with Crippen molar-refractivity contribution < 1.29 is 4.74 Å². The van der Waals surface area contributed by atoms with Gasteiger partial charge in [-0.25, -0.2) is 0 Å². The van der Waals surface area contributed by atoms with Gasteiger partial charge in [0.2, 0.25) is 0 Å². The molecule has 0 amide bonds. The van der Waals surface area contributed by atoms with Gasteiger partial charge in [0.1, 0.15) is 0 Å². The molecule has 1 aromatic heterocycles. The van der Waals surface area contributed by atoms with Crippen molar-refractivity contribution in [2.75, 3.05) is 39.8 Å². The lowest BCUT2D eigenvalue weighted by molar-refractivity contribution is 0.0277. The molecule has 29 heavy (non-hydrogen) atoms. The van der Waals surface area contributed by atoms with Gasteiger partial charge in [0.15, 0.2) is 5.96 Å². The molecule has 2 N–H and O–H groups in total. The molecule has 2 fully saturated rings. The molecule has 1 saturated carbocycles. The van der Waals surface area contributed by atoms with E-state index in [0.29, 0.717) is 12.0 Å². The van der Waals surface area contributed by atoms with Crippen LogP contribution in [0.4, 0.5) is 0 Å². The van der Waals surface area contributed by atoms with Crippen LogP contribution in [0.5, 0.6) is 0 Å². The Labute approximate surface area is 198 Å². The van der Waals surface area contributed by atoms with Gasteiger partial charge in [-0.2, -0.15) is 0 Å². The van der Waals surface area contributed by atoms with E-state index in [1.165, 1.54) is 62.9 Å². The molecular weight excluding hydrogens is 495 g/mol. The zero-order valence-corrected chi connectivity index (χ0v) is 21.1. The highest BCUT2D eigenvalue weighted by molar-refractivity contribution is 14.0. The third-order valence-corrected chi connectivity index (χ3v) is 6.72. The van der Waals surface area contributed by atoms with Crippen LogP contribution in [0.25, 0.3) is 0 Å². The maximum Gasteiger partial charge on any atom is 0.190 e. The van der Waals surface area contributed by atoms with Gasteiger partial charge in [0, 0.05) is 44.7 Å². The van der Waals surface area contributed by atoms with Crippen molar-refractivity contribution in [3.63, 3.8) is 0 Å². The molecule has 1 atom stereocenters. The molecule has 1 aliphatic heterocycles. The van der Waals surface area contributed by atoms with Crippen LogP contribution in [0, 0.1) is 5.92 Å². The van der Waals surface area contributed by atoms with Crippen LogP contribution in [0.2, 0.25) is 0 Å². The molecule has 1 aromatic rings. The Morgan fingerprint density at radius 1 is 1.21 bits per heavy atom. The quantitative estimate of drug-likeness (QED) is 0.212. The highest BCUT2D eigenvalue weighted by Gasteiger charge is 2.20. The summed E-state index contributed by atoms with van der Waals surface area (Å²) in [5.74, 6) is 1.62. The highest BCUT2D eigenvalue weighted by atomic mass is 127. The molecule has 0 radical (unpaired) electrons. The normalized spacial score (nSPS) is 21.6. The smallest absolute Gasteiger partial charge is 0.190 e. The van der Waals surface area contributed by atoms with Crippen LogP contribution >= 0.6 is 35.3 Å². The third-order valence-electron chi connectivity index (χ3n) is 5.86. The van der Waals surface area contributed by atoms with Crippen LogP contribution in [0.1, 0.15) is 56.2 Å². The van der Waals surface area contributed by atoms with Gasteiger partial charge in [-0.3, -0.25) is 9.89 Å². The van der Waals surface area contributed by atoms with Gasteiger partial charge in [-0.1, -0.05) is 25.3 Å². The van der Waals surface area contributed by atoms with Crippen molar-refractivity contribution in [1.82, 2.24) is 15.5 Å². The zero-order valence-electron chi connectivity index (χ0n) is 17.9. The molecule has 5 nitrogen and oxygen atoms in total. The average molecular weight is 535 g/mol. The van der Waals surface area contributed by atoms with Crippen molar-refractivity contribution in [1.29, 1.82) is 0 Å². The number of nitrogens with one attached hydrogen (secondary N) is 2. The Hall–Kier alpha value is -0.380. The summed E-state index contributed by atoms with van der Waals surface area (Å²) < 4.78 is 6.00. The second-order valence-corrected chi connectivity index (χ2v) is 9.22. The first-order valence-electron chi connectivity index (χ1n) is 11.1. The Bertz CT molecular complexity index is 563. The van der Waals surface area contributed by atoms with Crippen LogP contribution in [-0.2, 0) is 11.3 Å². The van der Waals surface area contributed by atoms with E-state index in [9.17, 15) is 0 Å².